The second kappa shape index (κ2) is 13.9. The van der Waals surface area contributed by atoms with Crippen LogP contribution in [0.2, 0.25) is 0 Å². The molecule has 7 fully saturated rings. The number of hydrogen-bond acceptors (Lipinski definition) is 14. The molecule has 4 aliphatic carbocycles. The predicted octanol–water partition coefficient (Wildman–Crippen LogP) is 0.477. The predicted molar refractivity (Wildman–Crippen MR) is 184 cm³/mol. The summed E-state index contributed by atoms with van der Waals surface area (Å²) in [5.74, 6) is 0.240. The Bertz CT molecular complexity index is 1370. The monoisotopic (exact) mass is 754 g/mol. The Morgan fingerprint density at radius 3 is 2.28 bits per heavy atom. The van der Waals surface area contributed by atoms with E-state index in [0.717, 1.165) is 38.5 Å². The van der Waals surface area contributed by atoms with E-state index >= 15 is 0 Å². The maximum absolute atomic E-state index is 12.7. The van der Waals surface area contributed by atoms with Crippen molar-refractivity contribution < 1.29 is 69.3 Å². The largest absolute Gasteiger partial charge is 0.396 e. The van der Waals surface area contributed by atoms with Gasteiger partial charge in [0, 0.05) is 30.3 Å². The second-order valence-electron chi connectivity index (χ2n) is 18.3. The Morgan fingerprint density at radius 1 is 0.811 bits per heavy atom. The van der Waals surface area contributed by atoms with Crippen molar-refractivity contribution in [1.29, 1.82) is 0 Å². The van der Waals surface area contributed by atoms with Crippen molar-refractivity contribution in [2.45, 2.75) is 170 Å². The third-order valence-corrected chi connectivity index (χ3v) is 16.0. The fourth-order valence-corrected chi connectivity index (χ4v) is 12.5. The Morgan fingerprint density at radius 2 is 1.58 bits per heavy atom. The molecule has 0 bridgehead atoms. The molecule has 0 amide bonds. The van der Waals surface area contributed by atoms with Crippen molar-refractivity contribution >= 4 is 0 Å². The van der Waals surface area contributed by atoms with E-state index in [1.54, 1.807) is 0 Å². The van der Waals surface area contributed by atoms with Gasteiger partial charge in [0.05, 0.1) is 31.5 Å². The van der Waals surface area contributed by atoms with Crippen molar-refractivity contribution in [2.24, 2.45) is 40.4 Å². The van der Waals surface area contributed by atoms with Gasteiger partial charge in [-0.05, 0) is 81.5 Å². The molecule has 302 valence electrons. The summed E-state index contributed by atoms with van der Waals surface area (Å²) in [6, 6.07) is 0. The second-order valence-corrected chi connectivity index (χ2v) is 18.3. The first kappa shape index (κ1) is 39.0. The number of fused-ring (bicyclic) bond motifs is 7. The number of aliphatic hydroxyl groups excluding tert-OH is 7. The minimum absolute atomic E-state index is 0.0657. The zero-order chi connectivity index (χ0) is 37.8. The highest BCUT2D eigenvalue weighted by atomic mass is 16.8. The quantitative estimate of drug-likeness (QED) is 0.173. The highest BCUT2D eigenvalue weighted by Gasteiger charge is 2.76. The van der Waals surface area contributed by atoms with Gasteiger partial charge >= 0.3 is 0 Å². The summed E-state index contributed by atoms with van der Waals surface area (Å²) in [5.41, 5.74) is -0.0606. The van der Waals surface area contributed by atoms with E-state index in [9.17, 15) is 40.9 Å². The molecule has 0 aromatic heterocycles. The average Bonchev–Trinajstić information content (AvgIpc) is 3.50. The van der Waals surface area contributed by atoms with Gasteiger partial charge in [-0.1, -0.05) is 32.4 Å². The standard InChI is InChI=1S/C39H62O14/c1-18-28(42)30(44)32(46)34(49-18)52-33-31(45)29(43)26(16-41)51-35(33)50-22-8-10-36(3)21(13-22)5-6-23-24(36)9-11-37(4)25(23)14-27-39(37,47)19(2)38(53-27)12-7-20(15-40)17-48-38/h5,18-20,22-35,40-47H,6-17H2,1-4H3. The van der Waals surface area contributed by atoms with E-state index in [-0.39, 0.29) is 41.5 Å². The molecule has 4 heterocycles. The van der Waals surface area contributed by atoms with E-state index in [1.807, 2.05) is 0 Å². The van der Waals surface area contributed by atoms with E-state index in [2.05, 4.69) is 26.8 Å². The molecule has 8 N–H and O–H groups in total. The summed E-state index contributed by atoms with van der Waals surface area (Å²) in [5, 5.41) is 85.3. The van der Waals surface area contributed by atoms with Crippen LogP contribution in [0.4, 0.5) is 0 Å². The number of ether oxygens (including phenoxy) is 6. The lowest BCUT2D eigenvalue weighted by Crippen LogP contribution is -2.64. The minimum atomic E-state index is -1.63. The van der Waals surface area contributed by atoms with E-state index < -0.39 is 79.4 Å². The topological polar surface area (TPSA) is 217 Å². The van der Waals surface area contributed by atoms with Gasteiger partial charge in [0.2, 0.25) is 0 Å². The van der Waals surface area contributed by atoms with Gasteiger partial charge in [-0.25, -0.2) is 0 Å². The summed E-state index contributed by atoms with van der Waals surface area (Å²) in [4.78, 5) is 0. The van der Waals surface area contributed by atoms with Crippen molar-refractivity contribution in [2.75, 3.05) is 19.8 Å². The van der Waals surface area contributed by atoms with Crippen LogP contribution in [0.25, 0.3) is 0 Å². The van der Waals surface area contributed by atoms with Gasteiger partial charge in [-0.2, -0.15) is 0 Å². The van der Waals surface area contributed by atoms with Crippen molar-refractivity contribution in [3.8, 4) is 0 Å². The highest BCUT2D eigenvalue weighted by molar-refractivity contribution is 5.29. The molecular formula is C39H62O14. The molecule has 53 heavy (non-hydrogen) atoms. The van der Waals surface area contributed by atoms with Crippen LogP contribution >= 0.6 is 0 Å². The zero-order valence-corrected chi connectivity index (χ0v) is 31.4. The third kappa shape index (κ3) is 5.79. The molecule has 0 aromatic carbocycles. The molecule has 8 aliphatic rings. The lowest BCUT2D eigenvalue weighted by Gasteiger charge is -2.60. The van der Waals surface area contributed by atoms with Gasteiger partial charge in [0.15, 0.2) is 18.4 Å². The first-order chi connectivity index (χ1) is 25.1. The molecule has 21 atom stereocenters. The fourth-order valence-electron chi connectivity index (χ4n) is 12.5. The van der Waals surface area contributed by atoms with Crippen LogP contribution in [0.3, 0.4) is 0 Å². The van der Waals surface area contributed by atoms with Crippen molar-refractivity contribution in [1.82, 2.24) is 0 Å². The van der Waals surface area contributed by atoms with Crippen LogP contribution < -0.4 is 0 Å². The van der Waals surface area contributed by atoms with Crippen molar-refractivity contribution in [3.63, 3.8) is 0 Å². The first-order valence-corrected chi connectivity index (χ1v) is 20.1. The zero-order valence-electron chi connectivity index (χ0n) is 31.4. The van der Waals surface area contributed by atoms with Gasteiger partial charge < -0.3 is 69.3 Å². The van der Waals surface area contributed by atoms with Gasteiger partial charge in [0.1, 0.15) is 48.3 Å². The lowest BCUT2D eigenvalue weighted by molar-refractivity contribution is -0.369. The summed E-state index contributed by atoms with van der Waals surface area (Å²) in [6.45, 7) is 8.26. The SMILES string of the molecule is CC1OC(OC2C(OC3CCC4(C)C(=CCC5C4CCC4(C)C5CC5OC6(CCC(CO)CO6)C(C)C54O)C3)OC(CO)C(O)C2O)C(O)C(O)C1O. The summed E-state index contributed by atoms with van der Waals surface area (Å²) >= 11 is 0. The Balaban J connectivity index is 0.971. The van der Waals surface area contributed by atoms with Crippen LogP contribution in [-0.4, -0.2) is 146 Å². The van der Waals surface area contributed by atoms with E-state index in [4.69, 9.17) is 28.4 Å². The molecular weight excluding hydrogens is 692 g/mol. The lowest BCUT2D eigenvalue weighted by atomic mass is 9.46. The third-order valence-electron chi connectivity index (χ3n) is 16.0. The fraction of sp³-hybridized carbons (Fsp3) is 0.949. The number of aliphatic hydroxyl groups is 8. The first-order valence-electron chi connectivity index (χ1n) is 20.1. The smallest absolute Gasteiger partial charge is 0.187 e. The van der Waals surface area contributed by atoms with Crippen molar-refractivity contribution in [3.05, 3.63) is 11.6 Å². The van der Waals surface area contributed by atoms with Crippen LogP contribution in [0.5, 0.6) is 0 Å². The normalized spacial score (nSPS) is 58.0. The molecule has 1 spiro atoms. The molecule has 8 rings (SSSR count). The number of hydrogen-bond donors (Lipinski definition) is 8. The van der Waals surface area contributed by atoms with Gasteiger partial charge in [-0.3, -0.25) is 0 Å². The Hall–Kier alpha value is -0.820. The van der Waals surface area contributed by atoms with Gasteiger partial charge in [-0.15, -0.1) is 0 Å². The number of rotatable bonds is 6. The number of allylic oxidation sites excluding steroid dienone is 1. The molecule has 4 aliphatic heterocycles. The molecule has 4 saturated heterocycles. The molecule has 14 heteroatoms. The van der Waals surface area contributed by atoms with Crippen LogP contribution in [0.15, 0.2) is 11.6 Å². The summed E-state index contributed by atoms with van der Waals surface area (Å²) in [6.07, 6.45) is -4.60. The molecule has 3 saturated carbocycles. The van der Waals surface area contributed by atoms with E-state index in [0.29, 0.717) is 43.6 Å². The maximum Gasteiger partial charge on any atom is 0.187 e. The summed E-state index contributed by atoms with van der Waals surface area (Å²) < 4.78 is 37.2. The summed E-state index contributed by atoms with van der Waals surface area (Å²) in [7, 11) is 0. The molecule has 0 radical (unpaired) electrons. The molecule has 0 aromatic rings. The Labute approximate surface area is 311 Å². The molecule has 21 unspecified atom stereocenters. The van der Waals surface area contributed by atoms with Crippen LogP contribution in [0.1, 0.15) is 85.5 Å². The van der Waals surface area contributed by atoms with Crippen LogP contribution in [-0.2, 0) is 28.4 Å². The Kier molecular flexibility index (Phi) is 10.3. The maximum atomic E-state index is 12.7. The highest BCUT2D eigenvalue weighted by Crippen LogP contribution is 2.72. The van der Waals surface area contributed by atoms with Crippen LogP contribution in [0, 0.1) is 40.4 Å². The average molecular weight is 755 g/mol. The van der Waals surface area contributed by atoms with E-state index in [1.165, 1.54) is 12.5 Å². The molecule has 14 nitrogen and oxygen atoms in total. The minimum Gasteiger partial charge on any atom is -0.396 e. The van der Waals surface area contributed by atoms with Gasteiger partial charge in [0.25, 0.3) is 0 Å².